The quantitative estimate of drug-likeness (QED) is 0.224. The van der Waals surface area contributed by atoms with E-state index in [0.717, 1.165) is 43.0 Å². The van der Waals surface area contributed by atoms with E-state index in [-0.39, 0.29) is 6.29 Å². The second-order valence-corrected chi connectivity index (χ2v) is 11.0. The summed E-state index contributed by atoms with van der Waals surface area (Å²) in [5.41, 5.74) is 1.10. The molecular formula is C31H52O3. The van der Waals surface area contributed by atoms with Gasteiger partial charge in [-0.3, -0.25) is 0 Å². The minimum absolute atomic E-state index is 0.219. The molecule has 1 heterocycles. The maximum absolute atomic E-state index is 6.04. The molecule has 1 aromatic carbocycles. The highest BCUT2D eigenvalue weighted by Crippen LogP contribution is 2.34. The highest BCUT2D eigenvalue weighted by atomic mass is 16.7. The van der Waals surface area contributed by atoms with E-state index in [2.05, 4.69) is 38.1 Å². The molecule has 1 aliphatic carbocycles. The molecule has 0 amide bonds. The van der Waals surface area contributed by atoms with Crippen LogP contribution in [-0.4, -0.2) is 19.8 Å². The fourth-order valence-electron chi connectivity index (χ4n) is 5.71. The molecule has 0 spiro atoms. The maximum Gasteiger partial charge on any atom is 0.183 e. The third kappa shape index (κ3) is 10.3. The van der Waals surface area contributed by atoms with Gasteiger partial charge < -0.3 is 14.2 Å². The van der Waals surface area contributed by atoms with Crippen LogP contribution in [0.3, 0.4) is 0 Å². The first-order valence-corrected chi connectivity index (χ1v) is 14.7. The number of rotatable bonds is 16. The minimum atomic E-state index is -0.219. The van der Waals surface area contributed by atoms with Crippen LogP contribution in [-0.2, 0) is 9.47 Å². The molecule has 0 aromatic heterocycles. The average Bonchev–Trinajstić information content (AvgIpc) is 2.88. The fraction of sp³-hybridized carbons (Fsp3) is 0.806. The van der Waals surface area contributed by atoms with Crippen molar-refractivity contribution in [2.75, 3.05) is 19.8 Å². The van der Waals surface area contributed by atoms with Gasteiger partial charge in [-0.1, -0.05) is 109 Å². The molecule has 3 nitrogen and oxygen atoms in total. The second kappa shape index (κ2) is 16.6. The normalized spacial score (nSPS) is 25.4. The Kier molecular flexibility index (Phi) is 13.4. The van der Waals surface area contributed by atoms with Gasteiger partial charge >= 0.3 is 0 Å². The van der Waals surface area contributed by atoms with E-state index >= 15 is 0 Å². The van der Waals surface area contributed by atoms with Gasteiger partial charge in [0.1, 0.15) is 5.75 Å². The van der Waals surface area contributed by atoms with Crippen molar-refractivity contribution >= 4 is 0 Å². The summed E-state index contributed by atoms with van der Waals surface area (Å²) < 4.78 is 18.0. The van der Waals surface area contributed by atoms with Gasteiger partial charge in [0.2, 0.25) is 0 Å². The van der Waals surface area contributed by atoms with Crippen LogP contribution in [0.1, 0.15) is 128 Å². The number of benzene rings is 1. The van der Waals surface area contributed by atoms with Crippen LogP contribution in [0.25, 0.3) is 0 Å². The standard InChI is InChI=1S/C31H52O3/c1-3-5-7-8-10-12-26-15-17-27(18-16-26)14-11-23-32-30-21-19-29(20-22-30)31-33-24-28(25-34-31)13-9-6-4-2/h19-22,26-28,31H,3-18,23-25H2,1-2H3/t26-,27-,28-,31-. The van der Waals surface area contributed by atoms with Gasteiger partial charge in [0.05, 0.1) is 19.8 Å². The highest BCUT2D eigenvalue weighted by molar-refractivity contribution is 5.28. The zero-order valence-electron chi connectivity index (χ0n) is 22.3. The zero-order chi connectivity index (χ0) is 23.8. The molecule has 1 aromatic rings. The Morgan fingerprint density at radius 2 is 1.18 bits per heavy atom. The molecule has 0 radical (unpaired) electrons. The Hall–Kier alpha value is -1.06. The minimum Gasteiger partial charge on any atom is -0.494 e. The average molecular weight is 473 g/mol. The highest BCUT2D eigenvalue weighted by Gasteiger charge is 2.23. The van der Waals surface area contributed by atoms with Crippen LogP contribution < -0.4 is 4.74 Å². The van der Waals surface area contributed by atoms with Gasteiger partial charge in [0.15, 0.2) is 6.29 Å². The number of unbranched alkanes of at least 4 members (excludes halogenated alkanes) is 6. The van der Waals surface area contributed by atoms with E-state index < -0.39 is 0 Å². The van der Waals surface area contributed by atoms with Crippen molar-refractivity contribution in [3.63, 3.8) is 0 Å². The zero-order valence-corrected chi connectivity index (χ0v) is 22.3. The molecule has 1 saturated heterocycles. The molecule has 0 N–H and O–H groups in total. The van der Waals surface area contributed by atoms with Crippen molar-refractivity contribution in [1.82, 2.24) is 0 Å². The molecule has 34 heavy (non-hydrogen) atoms. The predicted molar refractivity (Wildman–Crippen MR) is 142 cm³/mol. The Balaban J connectivity index is 1.23. The Labute approximate surface area is 210 Å². The Morgan fingerprint density at radius 1 is 0.647 bits per heavy atom. The lowest BCUT2D eigenvalue weighted by Crippen LogP contribution is -2.27. The van der Waals surface area contributed by atoms with Crippen LogP contribution in [0.15, 0.2) is 24.3 Å². The van der Waals surface area contributed by atoms with Gasteiger partial charge in [-0.15, -0.1) is 0 Å². The predicted octanol–water partition coefficient (Wildman–Crippen LogP) is 9.25. The first kappa shape index (κ1) is 27.5. The Morgan fingerprint density at radius 3 is 1.82 bits per heavy atom. The van der Waals surface area contributed by atoms with Crippen molar-refractivity contribution in [3.05, 3.63) is 29.8 Å². The van der Waals surface area contributed by atoms with Crippen molar-refractivity contribution in [1.29, 1.82) is 0 Å². The fourth-order valence-corrected chi connectivity index (χ4v) is 5.71. The number of hydrogen-bond acceptors (Lipinski definition) is 3. The summed E-state index contributed by atoms with van der Waals surface area (Å²) in [5.74, 6) is 3.45. The first-order chi connectivity index (χ1) is 16.8. The molecule has 2 fully saturated rings. The summed E-state index contributed by atoms with van der Waals surface area (Å²) in [7, 11) is 0. The van der Waals surface area contributed by atoms with E-state index in [0.29, 0.717) is 5.92 Å². The Bertz CT molecular complexity index is 612. The van der Waals surface area contributed by atoms with Crippen molar-refractivity contribution < 1.29 is 14.2 Å². The molecule has 1 aliphatic heterocycles. The monoisotopic (exact) mass is 472 g/mol. The van der Waals surface area contributed by atoms with Crippen LogP contribution in [0.5, 0.6) is 5.75 Å². The summed E-state index contributed by atoms with van der Waals surface area (Å²) in [4.78, 5) is 0. The first-order valence-electron chi connectivity index (χ1n) is 14.7. The lowest BCUT2D eigenvalue weighted by Gasteiger charge is -2.29. The van der Waals surface area contributed by atoms with Crippen LogP contribution >= 0.6 is 0 Å². The molecule has 1 saturated carbocycles. The van der Waals surface area contributed by atoms with Gasteiger partial charge in [-0.2, -0.15) is 0 Å². The summed E-state index contributed by atoms with van der Waals surface area (Å²) in [6, 6.07) is 8.34. The topological polar surface area (TPSA) is 27.7 Å². The molecular weight excluding hydrogens is 420 g/mol. The van der Waals surface area contributed by atoms with Crippen LogP contribution in [0.4, 0.5) is 0 Å². The molecule has 0 unspecified atom stereocenters. The summed E-state index contributed by atoms with van der Waals surface area (Å²) >= 11 is 0. The van der Waals surface area contributed by atoms with Crippen molar-refractivity contribution in [2.45, 2.75) is 123 Å². The summed E-state index contributed by atoms with van der Waals surface area (Å²) in [6.07, 6.45) is 21.8. The summed E-state index contributed by atoms with van der Waals surface area (Å²) in [6.45, 7) is 7.00. The van der Waals surface area contributed by atoms with E-state index in [1.807, 2.05) is 0 Å². The largest absolute Gasteiger partial charge is 0.494 e. The smallest absolute Gasteiger partial charge is 0.183 e. The van der Waals surface area contributed by atoms with Crippen molar-refractivity contribution in [3.8, 4) is 5.75 Å². The third-order valence-electron chi connectivity index (χ3n) is 8.04. The number of hydrogen-bond donors (Lipinski definition) is 0. The molecule has 0 bridgehead atoms. The van der Waals surface area contributed by atoms with Crippen LogP contribution in [0, 0.1) is 17.8 Å². The van der Waals surface area contributed by atoms with Gasteiger partial charge in [0, 0.05) is 11.5 Å². The van der Waals surface area contributed by atoms with Gasteiger partial charge in [0.25, 0.3) is 0 Å². The SMILES string of the molecule is CCCCCCC[C@H]1CC[C@H](CCCOc2ccc([C@H]3OC[C@H](CCCCC)CO3)cc2)CC1. The van der Waals surface area contributed by atoms with E-state index in [1.54, 1.807) is 0 Å². The maximum atomic E-state index is 6.04. The van der Waals surface area contributed by atoms with E-state index in [9.17, 15) is 0 Å². The second-order valence-electron chi connectivity index (χ2n) is 11.0. The van der Waals surface area contributed by atoms with Crippen LogP contribution in [0.2, 0.25) is 0 Å². The third-order valence-corrected chi connectivity index (χ3v) is 8.04. The van der Waals surface area contributed by atoms with E-state index in [4.69, 9.17) is 14.2 Å². The lowest BCUT2D eigenvalue weighted by molar-refractivity contribution is -0.206. The van der Waals surface area contributed by atoms with E-state index in [1.165, 1.54) is 103 Å². The van der Waals surface area contributed by atoms with Crippen molar-refractivity contribution in [2.24, 2.45) is 17.8 Å². The molecule has 2 aliphatic rings. The van der Waals surface area contributed by atoms with Gasteiger partial charge in [-0.25, -0.2) is 0 Å². The molecule has 0 atom stereocenters. The molecule has 194 valence electrons. The molecule has 3 heteroatoms. The lowest BCUT2D eigenvalue weighted by atomic mass is 9.78. The summed E-state index contributed by atoms with van der Waals surface area (Å²) in [5, 5.41) is 0. The molecule has 3 rings (SSSR count). The van der Waals surface area contributed by atoms with Gasteiger partial charge in [-0.05, 0) is 43.2 Å². The number of ether oxygens (including phenoxy) is 3.